The first-order chi connectivity index (χ1) is 11.0. The highest BCUT2D eigenvalue weighted by molar-refractivity contribution is 6.33. The highest BCUT2D eigenvalue weighted by atomic mass is 35.5. The average molecular weight is 337 g/mol. The molecule has 124 valence electrons. The molecule has 3 atom stereocenters. The van der Waals surface area contributed by atoms with Crippen molar-refractivity contribution in [3.8, 4) is 0 Å². The van der Waals surface area contributed by atoms with Crippen molar-refractivity contribution < 1.29 is 14.7 Å². The van der Waals surface area contributed by atoms with Gasteiger partial charge in [-0.15, -0.1) is 0 Å². The fraction of sp³-hybridized carbons (Fsp3) is 0.529. The molecule has 1 aromatic rings. The fourth-order valence-electron chi connectivity index (χ4n) is 3.74. The van der Waals surface area contributed by atoms with Gasteiger partial charge in [-0.2, -0.15) is 0 Å². The van der Waals surface area contributed by atoms with E-state index in [0.717, 1.165) is 12.2 Å². The number of hydrogen-bond donors (Lipinski definition) is 1. The molecular weight excluding hydrogens is 316 g/mol. The summed E-state index contributed by atoms with van der Waals surface area (Å²) >= 11 is 6.21. The molecule has 2 fully saturated rings. The number of carbonyl (C=O) groups is 2. The fourth-order valence-corrected chi connectivity index (χ4v) is 3.98. The van der Waals surface area contributed by atoms with Crippen molar-refractivity contribution in [2.24, 2.45) is 11.8 Å². The Morgan fingerprint density at radius 3 is 2.74 bits per heavy atom. The molecule has 0 aromatic heterocycles. The molecule has 2 aliphatic heterocycles. The minimum Gasteiger partial charge on any atom is -0.481 e. The van der Waals surface area contributed by atoms with Gasteiger partial charge >= 0.3 is 5.97 Å². The van der Waals surface area contributed by atoms with E-state index in [2.05, 4.69) is 0 Å². The Bertz CT molecular complexity index is 622. The number of rotatable bonds is 3. The quantitative estimate of drug-likeness (QED) is 0.921. The SMILES string of the molecule is CC1CC(C(=O)O)CN(C2CCN(c3ccccc3Cl)C2=O)C1. The topological polar surface area (TPSA) is 60.9 Å². The number of carboxylic acid groups (broad SMARTS) is 1. The van der Waals surface area contributed by atoms with E-state index < -0.39 is 5.97 Å². The molecule has 3 unspecified atom stereocenters. The van der Waals surface area contributed by atoms with E-state index in [-0.39, 0.29) is 23.8 Å². The summed E-state index contributed by atoms with van der Waals surface area (Å²) in [5, 5.41) is 9.88. The maximum Gasteiger partial charge on any atom is 0.307 e. The van der Waals surface area contributed by atoms with Crippen molar-refractivity contribution in [2.75, 3.05) is 24.5 Å². The summed E-state index contributed by atoms with van der Waals surface area (Å²) in [7, 11) is 0. The predicted molar refractivity (Wildman–Crippen MR) is 88.7 cm³/mol. The second-order valence-electron chi connectivity index (χ2n) is 6.58. The lowest BCUT2D eigenvalue weighted by Crippen LogP contribution is -2.50. The van der Waals surface area contributed by atoms with Gasteiger partial charge in [0.25, 0.3) is 0 Å². The second-order valence-corrected chi connectivity index (χ2v) is 6.98. The van der Waals surface area contributed by atoms with Gasteiger partial charge in [-0.05, 0) is 30.9 Å². The molecule has 0 spiro atoms. The molecule has 5 nitrogen and oxygen atoms in total. The third-order valence-corrected chi connectivity index (χ3v) is 5.12. The van der Waals surface area contributed by atoms with Gasteiger partial charge in [0.15, 0.2) is 0 Å². The van der Waals surface area contributed by atoms with E-state index in [1.807, 2.05) is 30.0 Å². The molecule has 23 heavy (non-hydrogen) atoms. The Morgan fingerprint density at radius 2 is 2.04 bits per heavy atom. The standard InChI is InChI=1S/C17H21ClN2O3/c1-11-8-12(17(22)23)10-19(9-11)15-6-7-20(16(15)21)14-5-3-2-4-13(14)18/h2-5,11-12,15H,6-10H2,1H3,(H,22,23). The van der Waals surface area contributed by atoms with Crippen LogP contribution in [0.3, 0.4) is 0 Å². The molecular formula is C17H21ClN2O3. The molecule has 0 radical (unpaired) electrons. The molecule has 0 bridgehead atoms. The lowest BCUT2D eigenvalue weighted by molar-refractivity contribution is -0.145. The lowest BCUT2D eigenvalue weighted by atomic mass is 9.89. The third-order valence-electron chi connectivity index (χ3n) is 4.80. The van der Waals surface area contributed by atoms with Crippen LogP contribution in [0.2, 0.25) is 5.02 Å². The number of hydrogen-bond acceptors (Lipinski definition) is 3. The highest BCUT2D eigenvalue weighted by Crippen LogP contribution is 2.32. The molecule has 1 amide bonds. The number of aliphatic carboxylic acids is 1. The van der Waals surface area contributed by atoms with Crippen molar-refractivity contribution in [1.29, 1.82) is 0 Å². The molecule has 0 saturated carbocycles. The molecule has 0 aliphatic carbocycles. The largest absolute Gasteiger partial charge is 0.481 e. The monoisotopic (exact) mass is 336 g/mol. The number of anilines is 1. The van der Waals surface area contributed by atoms with E-state index in [0.29, 0.717) is 31.0 Å². The molecule has 3 rings (SSSR count). The first-order valence-electron chi connectivity index (χ1n) is 8.00. The van der Waals surface area contributed by atoms with Gasteiger partial charge in [-0.1, -0.05) is 30.7 Å². The summed E-state index contributed by atoms with van der Waals surface area (Å²) in [6.07, 6.45) is 1.39. The van der Waals surface area contributed by atoms with Gasteiger partial charge in [0.2, 0.25) is 5.91 Å². The van der Waals surface area contributed by atoms with E-state index in [1.165, 1.54) is 0 Å². The van der Waals surface area contributed by atoms with Gasteiger partial charge < -0.3 is 10.0 Å². The number of carbonyl (C=O) groups excluding carboxylic acids is 1. The summed E-state index contributed by atoms with van der Waals surface area (Å²) in [4.78, 5) is 27.9. The van der Waals surface area contributed by atoms with Crippen LogP contribution in [-0.2, 0) is 9.59 Å². The van der Waals surface area contributed by atoms with Crippen LogP contribution in [0.4, 0.5) is 5.69 Å². The number of benzene rings is 1. The Kier molecular flexibility index (Phi) is 4.60. The first-order valence-corrected chi connectivity index (χ1v) is 8.38. The van der Waals surface area contributed by atoms with Crippen LogP contribution in [0.5, 0.6) is 0 Å². The van der Waals surface area contributed by atoms with Crippen LogP contribution in [0, 0.1) is 11.8 Å². The van der Waals surface area contributed by atoms with Crippen LogP contribution in [0.25, 0.3) is 0 Å². The van der Waals surface area contributed by atoms with E-state index in [9.17, 15) is 14.7 Å². The van der Waals surface area contributed by atoms with E-state index >= 15 is 0 Å². The number of para-hydroxylation sites is 1. The summed E-state index contributed by atoms with van der Waals surface area (Å²) in [5.41, 5.74) is 0.738. The van der Waals surface area contributed by atoms with Crippen molar-refractivity contribution in [2.45, 2.75) is 25.8 Å². The van der Waals surface area contributed by atoms with Crippen molar-refractivity contribution in [1.82, 2.24) is 4.90 Å². The zero-order valence-electron chi connectivity index (χ0n) is 13.1. The highest BCUT2D eigenvalue weighted by Gasteiger charge is 2.41. The van der Waals surface area contributed by atoms with Crippen molar-refractivity contribution in [3.05, 3.63) is 29.3 Å². The molecule has 1 N–H and O–H groups in total. The Morgan fingerprint density at radius 1 is 1.30 bits per heavy atom. The zero-order chi connectivity index (χ0) is 16.6. The molecule has 2 aliphatic rings. The Balaban J connectivity index is 1.76. The average Bonchev–Trinajstić information content (AvgIpc) is 2.88. The molecule has 6 heteroatoms. The number of nitrogens with zero attached hydrogens (tertiary/aromatic N) is 2. The van der Waals surface area contributed by atoms with Gasteiger partial charge in [0, 0.05) is 19.6 Å². The number of piperidine rings is 1. The molecule has 1 aromatic carbocycles. The number of carboxylic acids is 1. The molecule has 2 saturated heterocycles. The maximum absolute atomic E-state index is 12.8. The van der Waals surface area contributed by atoms with Crippen LogP contribution in [-0.4, -0.2) is 47.6 Å². The predicted octanol–water partition coefficient (Wildman–Crippen LogP) is 2.49. The lowest BCUT2D eigenvalue weighted by Gasteiger charge is -2.37. The summed E-state index contributed by atoms with van der Waals surface area (Å²) < 4.78 is 0. The maximum atomic E-state index is 12.8. The van der Waals surface area contributed by atoms with Crippen molar-refractivity contribution >= 4 is 29.2 Å². The zero-order valence-corrected chi connectivity index (χ0v) is 13.9. The normalized spacial score (nSPS) is 29.0. The van der Waals surface area contributed by atoms with Crippen molar-refractivity contribution in [3.63, 3.8) is 0 Å². The first kappa shape index (κ1) is 16.3. The van der Waals surface area contributed by atoms with Crippen LogP contribution < -0.4 is 4.90 Å². The van der Waals surface area contributed by atoms with Gasteiger partial charge in [-0.25, -0.2) is 0 Å². The summed E-state index contributed by atoms with van der Waals surface area (Å²) in [6, 6.07) is 7.09. The summed E-state index contributed by atoms with van der Waals surface area (Å²) in [6.45, 7) is 3.90. The van der Waals surface area contributed by atoms with E-state index in [1.54, 1.807) is 11.0 Å². The second kappa shape index (κ2) is 6.49. The Hall–Kier alpha value is -1.59. The minimum atomic E-state index is -0.769. The van der Waals surface area contributed by atoms with Crippen LogP contribution in [0.15, 0.2) is 24.3 Å². The third kappa shape index (κ3) is 3.21. The minimum absolute atomic E-state index is 0.0244. The number of halogens is 1. The number of likely N-dealkylation sites (tertiary alicyclic amines) is 1. The molecule has 2 heterocycles. The van der Waals surface area contributed by atoms with Gasteiger partial charge in [0.05, 0.1) is 22.7 Å². The van der Waals surface area contributed by atoms with E-state index in [4.69, 9.17) is 11.6 Å². The van der Waals surface area contributed by atoms with Crippen LogP contribution in [0.1, 0.15) is 19.8 Å². The Labute approximate surface area is 140 Å². The van der Waals surface area contributed by atoms with Gasteiger partial charge in [-0.3, -0.25) is 14.5 Å². The van der Waals surface area contributed by atoms with Crippen LogP contribution >= 0.6 is 11.6 Å². The number of amides is 1. The van der Waals surface area contributed by atoms with Gasteiger partial charge in [0.1, 0.15) is 0 Å². The summed E-state index contributed by atoms with van der Waals surface area (Å²) in [5.74, 6) is -0.848. The smallest absolute Gasteiger partial charge is 0.307 e.